The van der Waals surface area contributed by atoms with Crippen LogP contribution in [0.3, 0.4) is 0 Å². The van der Waals surface area contributed by atoms with Crippen LogP contribution in [-0.4, -0.2) is 28.9 Å². The summed E-state index contributed by atoms with van der Waals surface area (Å²) in [6.45, 7) is 0. The average Bonchev–Trinajstić information content (AvgIpc) is 2.61. The van der Waals surface area contributed by atoms with Crippen LogP contribution in [0.5, 0.6) is 0 Å². The second-order valence-corrected chi connectivity index (χ2v) is 8.13. The highest BCUT2D eigenvalue weighted by atomic mass is 31.1. The van der Waals surface area contributed by atoms with Gasteiger partial charge in [-0.25, -0.2) is 4.79 Å². The third kappa shape index (κ3) is 2.90. The van der Waals surface area contributed by atoms with Gasteiger partial charge in [0, 0.05) is 28.7 Å². The van der Waals surface area contributed by atoms with Crippen molar-refractivity contribution in [2.75, 3.05) is 0 Å². The van der Waals surface area contributed by atoms with Crippen LogP contribution in [0.4, 0.5) is 0 Å². The van der Waals surface area contributed by atoms with E-state index in [9.17, 15) is 4.79 Å². The van der Waals surface area contributed by atoms with E-state index in [1.54, 1.807) is 0 Å². The smallest absolute Gasteiger partial charge is 0.339 e. The van der Waals surface area contributed by atoms with E-state index in [0.717, 1.165) is 11.3 Å². The minimum atomic E-state index is -0.217. The van der Waals surface area contributed by atoms with Gasteiger partial charge in [-0.3, -0.25) is 0 Å². The number of hydrogen-bond acceptors (Lipinski definition) is 2. The molecule has 2 aliphatic carbocycles. The standard InChI is InChI=1S/C19H16O2P2/c20-19(14-5-1-9-17-13(14)6-3-11-22-17)21-16-8-2-10-18-15(16)7-4-12-23-18/h1-13,15,17-18H. The molecule has 0 fully saturated rings. The molecule has 0 N–H and O–H groups in total. The number of carbonyl (C=O) groups is 1. The molecule has 4 atom stereocenters. The first-order chi connectivity index (χ1) is 11.3. The van der Waals surface area contributed by atoms with Crippen molar-refractivity contribution in [1.29, 1.82) is 0 Å². The van der Waals surface area contributed by atoms with Crippen molar-refractivity contribution in [3.63, 3.8) is 0 Å². The zero-order valence-corrected chi connectivity index (χ0v) is 14.2. The molecule has 0 amide bonds. The lowest BCUT2D eigenvalue weighted by Gasteiger charge is -2.28. The van der Waals surface area contributed by atoms with Crippen LogP contribution in [0.25, 0.3) is 0 Å². The van der Waals surface area contributed by atoms with Crippen molar-refractivity contribution < 1.29 is 9.53 Å². The molecule has 0 aromatic heterocycles. The zero-order chi connectivity index (χ0) is 15.6. The van der Waals surface area contributed by atoms with Gasteiger partial charge in [-0.2, -0.15) is 0 Å². The predicted molar refractivity (Wildman–Crippen MR) is 99.3 cm³/mol. The van der Waals surface area contributed by atoms with E-state index < -0.39 is 0 Å². The van der Waals surface area contributed by atoms with Crippen LogP contribution in [0.1, 0.15) is 0 Å². The average molecular weight is 338 g/mol. The highest BCUT2D eigenvalue weighted by molar-refractivity contribution is 7.40. The minimum Gasteiger partial charge on any atom is -0.427 e. The maximum absolute atomic E-state index is 12.7. The SMILES string of the molecule is O=C(OC1=CC=CC2P=CC=CC12)C1=CC=CC2P=CC=CC12. The summed E-state index contributed by atoms with van der Waals surface area (Å²) in [5.41, 5.74) is 1.48. The van der Waals surface area contributed by atoms with E-state index in [-0.39, 0.29) is 17.8 Å². The van der Waals surface area contributed by atoms with Crippen LogP contribution in [-0.2, 0) is 9.53 Å². The number of hydrogen-bond donors (Lipinski definition) is 0. The Labute approximate surface area is 139 Å². The molecule has 2 heterocycles. The van der Waals surface area contributed by atoms with Gasteiger partial charge in [0.05, 0.1) is 0 Å². The monoisotopic (exact) mass is 338 g/mol. The van der Waals surface area contributed by atoms with Gasteiger partial charge in [-0.05, 0) is 17.7 Å². The molecule has 23 heavy (non-hydrogen) atoms. The molecule has 2 nitrogen and oxygen atoms in total. The van der Waals surface area contributed by atoms with Gasteiger partial charge in [0.1, 0.15) is 5.76 Å². The molecule has 0 bridgehead atoms. The normalized spacial score (nSPS) is 34.3. The van der Waals surface area contributed by atoms with E-state index in [2.05, 4.69) is 42.0 Å². The number of rotatable bonds is 2. The van der Waals surface area contributed by atoms with E-state index >= 15 is 0 Å². The molecule has 114 valence electrons. The predicted octanol–water partition coefficient (Wildman–Crippen LogP) is 4.09. The number of esters is 1. The highest BCUT2D eigenvalue weighted by Crippen LogP contribution is 2.37. The second kappa shape index (κ2) is 6.40. The molecule has 4 aliphatic rings. The Balaban J connectivity index is 1.54. The van der Waals surface area contributed by atoms with Gasteiger partial charge < -0.3 is 4.74 Å². The summed E-state index contributed by atoms with van der Waals surface area (Å²) in [7, 11) is 2.49. The lowest BCUT2D eigenvalue weighted by atomic mass is 9.90. The molecule has 0 saturated carbocycles. The van der Waals surface area contributed by atoms with E-state index in [4.69, 9.17) is 4.74 Å². The van der Waals surface area contributed by atoms with E-state index in [1.165, 1.54) is 16.4 Å². The summed E-state index contributed by atoms with van der Waals surface area (Å²) in [5, 5.41) is 0. The molecular formula is C19H16O2P2. The Kier molecular flexibility index (Phi) is 4.12. The maximum Gasteiger partial charge on any atom is 0.339 e. The lowest BCUT2D eigenvalue weighted by Crippen LogP contribution is -2.27. The van der Waals surface area contributed by atoms with Gasteiger partial charge in [0.25, 0.3) is 0 Å². The van der Waals surface area contributed by atoms with E-state index in [1.807, 2.05) is 30.4 Å². The molecule has 2 aliphatic heterocycles. The summed E-state index contributed by atoms with van der Waals surface area (Å²) in [5.74, 6) is 5.10. The molecular weight excluding hydrogens is 322 g/mol. The third-order valence-corrected chi connectivity index (χ3v) is 6.71. The summed E-state index contributed by atoms with van der Waals surface area (Å²) >= 11 is 0. The number of carbonyl (C=O) groups excluding carboxylic acids is 1. The fourth-order valence-corrected chi connectivity index (χ4v) is 5.24. The summed E-state index contributed by atoms with van der Waals surface area (Å²) in [4.78, 5) is 12.7. The summed E-state index contributed by atoms with van der Waals surface area (Å²) in [6.07, 6.45) is 20.5. The number of allylic oxidation sites excluding steroid dienone is 10. The first kappa shape index (κ1) is 14.8. The molecule has 0 radical (unpaired) electrons. The first-order valence-electron chi connectivity index (χ1n) is 7.72. The van der Waals surface area contributed by atoms with E-state index in [0.29, 0.717) is 11.3 Å². The van der Waals surface area contributed by atoms with Crippen LogP contribution in [0, 0.1) is 11.8 Å². The number of fused-ring (bicyclic) bond motifs is 2. The van der Waals surface area contributed by atoms with Gasteiger partial charge >= 0.3 is 5.97 Å². The molecule has 4 rings (SSSR count). The first-order valence-corrected chi connectivity index (χ1v) is 9.78. The zero-order valence-electron chi connectivity index (χ0n) is 12.4. The van der Waals surface area contributed by atoms with Gasteiger partial charge in [-0.15, -0.1) is 0 Å². The lowest BCUT2D eigenvalue weighted by molar-refractivity contribution is -0.136. The van der Waals surface area contributed by atoms with Crippen molar-refractivity contribution in [3.8, 4) is 0 Å². The molecule has 0 saturated heterocycles. The second-order valence-electron chi connectivity index (χ2n) is 5.75. The molecule has 0 aromatic rings. The van der Waals surface area contributed by atoms with Crippen molar-refractivity contribution in [3.05, 3.63) is 72.1 Å². The molecule has 0 spiro atoms. The van der Waals surface area contributed by atoms with Crippen molar-refractivity contribution >= 4 is 34.0 Å². The van der Waals surface area contributed by atoms with Gasteiger partial charge in [0.15, 0.2) is 0 Å². The Morgan fingerprint density at radius 1 is 0.826 bits per heavy atom. The highest BCUT2D eigenvalue weighted by Gasteiger charge is 2.31. The molecule has 4 heteroatoms. The Bertz CT molecular complexity index is 762. The minimum absolute atomic E-state index is 0.128. The quantitative estimate of drug-likeness (QED) is 0.560. The van der Waals surface area contributed by atoms with Crippen LogP contribution in [0.15, 0.2) is 72.1 Å². The Hall–Kier alpha value is -1.75. The fraction of sp³-hybridized carbons (Fsp3) is 0.211. The Morgan fingerprint density at radius 2 is 1.48 bits per heavy atom. The van der Waals surface area contributed by atoms with Gasteiger partial charge in [0.2, 0.25) is 0 Å². The topological polar surface area (TPSA) is 26.3 Å². The van der Waals surface area contributed by atoms with Crippen molar-refractivity contribution in [2.24, 2.45) is 11.8 Å². The van der Waals surface area contributed by atoms with Crippen LogP contribution in [0.2, 0.25) is 0 Å². The van der Waals surface area contributed by atoms with Crippen molar-refractivity contribution in [2.45, 2.75) is 11.3 Å². The molecule has 0 aromatic carbocycles. The fourth-order valence-electron chi connectivity index (χ4n) is 3.17. The number of ether oxygens (including phenoxy) is 1. The van der Waals surface area contributed by atoms with Gasteiger partial charge in [-0.1, -0.05) is 71.1 Å². The Morgan fingerprint density at radius 3 is 2.26 bits per heavy atom. The van der Waals surface area contributed by atoms with Crippen molar-refractivity contribution in [1.82, 2.24) is 0 Å². The third-order valence-electron chi connectivity index (χ3n) is 4.35. The largest absolute Gasteiger partial charge is 0.427 e. The van der Waals surface area contributed by atoms with Crippen LogP contribution < -0.4 is 0 Å². The summed E-state index contributed by atoms with van der Waals surface area (Å²) < 4.78 is 5.80. The molecule has 4 unspecified atom stereocenters. The summed E-state index contributed by atoms with van der Waals surface area (Å²) in [6, 6.07) is 0. The van der Waals surface area contributed by atoms with Crippen LogP contribution >= 0.6 is 16.4 Å². The maximum atomic E-state index is 12.7.